The van der Waals surface area contributed by atoms with Gasteiger partial charge >= 0.3 is 0 Å². The molecule has 0 amide bonds. The first kappa shape index (κ1) is 12.1. The molecule has 0 aromatic carbocycles. The van der Waals surface area contributed by atoms with Gasteiger partial charge in [-0.25, -0.2) is 0 Å². The molecule has 1 heterocycles. The summed E-state index contributed by atoms with van der Waals surface area (Å²) in [5.74, 6) is 5.44. The lowest BCUT2D eigenvalue weighted by Crippen LogP contribution is -2.47. The van der Waals surface area contributed by atoms with Crippen molar-refractivity contribution in [3.8, 4) is 0 Å². The van der Waals surface area contributed by atoms with Crippen molar-refractivity contribution in [3.63, 3.8) is 0 Å². The van der Waals surface area contributed by atoms with E-state index >= 15 is 0 Å². The summed E-state index contributed by atoms with van der Waals surface area (Å²) in [5.41, 5.74) is 3.76. The molecule has 3 N–H and O–H groups in total. The van der Waals surface area contributed by atoms with E-state index in [9.17, 15) is 0 Å². The Morgan fingerprint density at radius 1 is 1.53 bits per heavy atom. The average molecular weight is 214 g/mol. The van der Waals surface area contributed by atoms with Gasteiger partial charge in [-0.2, -0.15) is 5.10 Å². The van der Waals surface area contributed by atoms with Gasteiger partial charge < -0.3 is 9.47 Å². The number of hydrogen-bond donors (Lipinski definition) is 2. The summed E-state index contributed by atoms with van der Waals surface area (Å²) in [6.07, 6.45) is 4.08. The molecule has 6 heteroatoms. The molecule has 6 nitrogen and oxygen atoms in total. The lowest BCUT2D eigenvalue weighted by atomic mass is 10.1. The van der Waals surface area contributed by atoms with Gasteiger partial charge in [0.2, 0.25) is 0 Å². The molecule has 1 aromatic heterocycles. The quantitative estimate of drug-likeness (QED) is 0.376. The van der Waals surface area contributed by atoms with Gasteiger partial charge in [0.25, 0.3) is 0 Å². The van der Waals surface area contributed by atoms with Crippen LogP contribution < -0.4 is 11.3 Å². The van der Waals surface area contributed by atoms with Crippen LogP contribution in [-0.4, -0.2) is 36.3 Å². The zero-order valence-corrected chi connectivity index (χ0v) is 9.30. The minimum Gasteiger partial charge on any atom is -0.354 e. The number of aromatic nitrogens is 2. The Morgan fingerprint density at radius 3 is 2.60 bits per heavy atom. The highest BCUT2D eigenvalue weighted by molar-refractivity contribution is 5.06. The molecule has 1 unspecified atom stereocenters. The van der Waals surface area contributed by atoms with Crippen molar-refractivity contribution < 1.29 is 9.47 Å². The molecule has 0 bridgehead atoms. The SMILES string of the molecule is COC(OC)C(Cc1cnn(C)c1)NN. The fourth-order valence-corrected chi connectivity index (χ4v) is 1.49. The van der Waals surface area contributed by atoms with Crippen molar-refractivity contribution in [2.45, 2.75) is 18.8 Å². The molecule has 0 spiro atoms. The van der Waals surface area contributed by atoms with Gasteiger partial charge in [0.15, 0.2) is 6.29 Å². The van der Waals surface area contributed by atoms with Crippen LogP contribution in [0.4, 0.5) is 0 Å². The molecule has 0 radical (unpaired) electrons. The number of hydrogen-bond acceptors (Lipinski definition) is 5. The number of ether oxygens (including phenoxy) is 2. The Bertz CT molecular complexity index is 285. The number of rotatable bonds is 6. The van der Waals surface area contributed by atoms with Gasteiger partial charge in [0.05, 0.1) is 12.2 Å². The van der Waals surface area contributed by atoms with E-state index in [2.05, 4.69) is 10.5 Å². The minimum absolute atomic E-state index is 0.0933. The summed E-state index contributed by atoms with van der Waals surface area (Å²) < 4.78 is 12.0. The van der Waals surface area contributed by atoms with Gasteiger partial charge in [0, 0.05) is 27.5 Å². The molecule has 0 aliphatic heterocycles. The first-order valence-electron chi connectivity index (χ1n) is 4.70. The third-order valence-corrected chi connectivity index (χ3v) is 2.22. The maximum atomic E-state index is 5.44. The van der Waals surface area contributed by atoms with Crippen molar-refractivity contribution in [2.75, 3.05) is 14.2 Å². The highest BCUT2D eigenvalue weighted by atomic mass is 16.7. The zero-order valence-electron chi connectivity index (χ0n) is 9.30. The summed E-state index contributed by atoms with van der Waals surface area (Å²) >= 11 is 0. The highest BCUT2D eigenvalue weighted by Gasteiger charge is 2.20. The molecular weight excluding hydrogens is 196 g/mol. The maximum Gasteiger partial charge on any atom is 0.173 e. The van der Waals surface area contributed by atoms with Crippen LogP contribution in [0.15, 0.2) is 12.4 Å². The number of nitrogens with one attached hydrogen (secondary N) is 1. The van der Waals surface area contributed by atoms with Gasteiger partial charge in [-0.15, -0.1) is 0 Å². The lowest BCUT2D eigenvalue weighted by Gasteiger charge is -2.23. The summed E-state index contributed by atoms with van der Waals surface area (Å²) in [4.78, 5) is 0. The van der Waals surface area contributed by atoms with E-state index in [1.807, 2.05) is 13.2 Å². The topological polar surface area (TPSA) is 74.3 Å². The largest absolute Gasteiger partial charge is 0.354 e. The van der Waals surface area contributed by atoms with Crippen LogP contribution in [0.2, 0.25) is 0 Å². The molecule has 15 heavy (non-hydrogen) atoms. The van der Waals surface area contributed by atoms with Crippen molar-refractivity contribution in [2.24, 2.45) is 12.9 Å². The smallest absolute Gasteiger partial charge is 0.173 e. The number of aryl methyl sites for hydroxylation is 1. The molecule has 0 aliphatic rings. The molecule has 86 valence electrons. The Labute approximate surface area is 89.3 Å². The molecule has 1 rings (SSSR count). The Hall–Kier alpha value is -0.950. The fraction of sp³-hybridized carbons (Fsp3) is 0.667. The molecule has 0 aliphatic carbocycles. The van der Waals surface area contributed by atoms with Gasteiger partial charge in [-0.3, -0.25) is 16.0 Å². The second-order valence-electron chi connectivity index (χ2n) is 3.34. The molecule has 0 saturated carbocycles. The number of methoxy groups -OCH3 is 2. The van der Waals surface area contributed by atoms with Gasteiger partial charge in [0.1, 0.15) is 0 Å². The molecule has 1 aromatic rings. The first-order chi connectivity index (χ1) is 7.21. The monoisotopic (exact) mass is 214 g/mol. The highest BCUT2D eigenvalue weighted by Crippen LogP contribution is 2.07. The van der Waals surface area contributed by atoms with Crippen LogP contribution in [0.5, 0.6) is 0 Å². The van der Waals surface area contributed by atoms with Crippen LogP contribution in [-0.2, 0) is 22.9 Å². The predicted octanol–water partition coefficient (Wildman–Crippen LogP) is -0.587. The standard InChI is InChI=1S/C9H18N4O2/c1-13-6-7(5-11-13)4-8(12-10)9(14-2)15-3/h5-6,8-9,12H,4,10H2,1-3H3. The van der Waals surface area contributed by atoms with Gasteiger partial charge in [-0.1, -0.05) is 0 Å². The Balaban J connectivity index is 2.60. The normalized spacial score (nSPS) is 13.4. The second kappa shape index (κ2) is 5.82. The van der Waals surface area contributed by atoms with E-state index in [0.717, 1.165) is 5.56 Å². The van der Waals surface area contributed by atoms with Crippen LogP contribution in [0, 0.1) is 0 Å². The second-order valence-corrected chi connectivity index (χ2v) is 3.34. The van der Waals surface area contributed by atoms with Crippen LogP contribution in [0.1, 0.15) is 5.56 Å². The van der Waals surface area contributed by atoms with Crippen LogP contribution in [0.3, 0.4) is 0 Å². The van der Waals surface area contributed by atoms with Crippen LogP contribution in [0.25, 0.3) is 0 Å². The minimum atomic E-state index is -0.366. The summed E-state index contributed by atoms with van der Waals surface area (Å²) in [6.45, 7) is 0. The van der Waals surface area contributed by atoms with Crippen molar-refractivity contribution in [1.82, 2.24) is 15.2 Å². The third kappa shape index (κ3) is 3.28. The lowest BCUT2D eigenvalue weighted by molar-refractivity contribution is -0.122. The van der Waals surface area contributed by atoms with Crippen molar-refractivity contribution >= 4 is 0 Å². The number of nitrogens with zero attached hydrogens (tertiary/aromatic N) is 2. The Morgan fingerprint density at radius 2 is 2.20 bits per heavy atom. The fourth-order valence-electron chi connectivity index (χ4n) is 1.49. The van der Waals surface area contributed by atoms with E-state index in [1.54, 1.807) is 25.1 Å². The van der Waals surface area contributed by atoms with Gasteiger partial charge in [-0.05, 0) is 12.0 Å². The number of hydrazine groups is 1. The average Bonchev–Trinajstić information content (AvgIpc) is 2.64. The Kier molecular flexibility index (Phi) is 4.70. The summed E-state index contributed by atoms with van der Waals surface area (Å²) in [7, 11) is 5.04. The third-order valence-electron chi connectivity index (χ3n) is 2.22. The summed E-state index contributed by atoms with van der Waals surface area (Å²) in [6, 6.07) is -0.0933. The number of nitrogens with two attached hydrogens (primary N) is 1. The van der Waals surface area contributed by atoms with E-state index in [0.29, 0.717) is 6.42 Å². The van der Waals surface area contributed by atoms with Crippen molar-refractivity contribution in [3.05, 3.63) is 18.0 Å². The predicted molar refractivity (Wildman–Crippen MR) is 55.8 cm³/mol. The van der Waals surface area contributed by atoms with E-state index in [-0.39, 0.29) is 12.3 Å². The zero-order chi connectivity index (χ0) is 11.3. The molecule has 0 saturated heterocycles. The molecule has 1 atom stereocenters. The van der Waals surface area contributed by atoms with Crippen LogP contribution >= 0.6 is 0 Å². The maximum absolute atomic E-state index is 5.44. The molecule has 0 fully saturated rings. The van der Waals surface area contributed by atoms with E-state index < -0.39 is 0 Å². The first-order valence-corrected chi connectivity index (χ1v) is 4.70. The van der Waals surface area contributed by atoms with E-state index in [4.69, 9.17) is 15.3 Å². The molecular formula is C9H18N4O2. The van der Waals surface area contributed by atoms with E-state index in [1.165, 1.54) is 0 Å². The summed E-state index contributed by atoms with van der Waals surface area (Å²) in [5, 5.41) is 4.08. The van der Waals surface area contributed by atoms with Crippen molar-refractivity contribution in [1.29, 1.82) is 0 Å².